The summed E-state index contributed by atoms with van der Waals surface area (Å²) in [6.45, 7) is 29.4. The Morgan fingerprint density at radius 3 is 1.58 bits per heavy atom. The van der Waals surface area contributed by atoms with Crippen molar-refractivity contribution in [1.82, 2.24) is 0 Å². The van der Waals surface area contributed by atoms with Crippen LogP contribution in [0.5, 0.6) is 0 Å². The highest BCUT2D eigenvalue weighted by molar-refractivity contribution is 6.10. The van der Waals surface area contributed by atoms with Crippen molar-refractivity contribution in [3.63, 3.8) is 0 Å². The van der Waals surface area contributed by atoms with Gasteiger partial charge in [-0.2, -0.15) is 0 Å². The molecule has 0 aromatic carbocycles. The van der Waals surface area contributed by atoms with Crippen molar-refractivity contribution in [3.05, 3.63) is 75.4 Å². The van der Waals surface area contributed by atoms with E-state index in [1.54, 1.807) is 0 Å². The zero-order valence-electron chi connectivity index (χ0n) is 26.1. The van der Waals surface area contributed by atoms with E-state index < -0.39 is 5.92 Å². The third-order valence-electron chi connectivity index (χ3n) is 7.48. The van der Waals surface area contributed by atoms with Crippen LogP contribution in [0.1, 0.15) is 120 Å². The van der Waals surface area contributed by atoms with E-state index in [0.717, 1.165) is 39.7 Å². The topological polar surface area (TPSA) is 57.8 Å². The smallest absolute Gasteiger partial charge is 0.334 e. The molecule has 4 nitrogen and oxygen atoms in total. The molecule has 0 saturated carbocycles. The molecule has 0 spiro atoms. The van der Waals surface area contributed by atoms with Crippen LogP contribution >= 0.6 is 0 Å². The van der Waals surface area contributed by atoms with Crippen molar-refractivity contribution >= 4 is 5.78 Å². The zero-order valence-corrected chi connectivity index (χ0v) is 26.1. The van der Waals surface area contributed by atoms with Gasteiger partial charge in [0.15, 0.2) is 5.78 Å². The fourth-order valence-electron chi connectivity index (χ4n) is 4.64. The first kappa shape index (κ1) is 29.9. The van der Waals surface area contributed by atoms with E-state index in [2.05, 4.69) is 95.2 Å². The lowest BCUT2D eigenvalue weighted by Crippen LogP contribution is -2.36. The molecule has 0 saturated heterocycles. The van der Waals surface area contributed by atoms with Gasteiger partial charge in [0.2, 0.25) is 0 Å². The van der Waals surface area contributed by atoms with E-state index in [9.17, 15) is 9.90 Å². The number of carbonyl (C=O) groups is 1. The first-order valence-electron chi connectivity index (χ1n) is 13.8. The van der Waals surface area contributed by atoms with Gasteiger partial charge in [0.05, 0.1) is 22.3 Å². The third-order valence-corrected chi connectivity index (χ3v) is 7.48. The third kappa shape index (κ3) is 5.84. The number of carbonyl (C=O) groups excluding carboxylic acids is 1. The van der Waals surface area contributed by atoms with Crippen molar-refractivity contribution in [2.75, 3.05) is 0 Å². The molecule has 38 heavy (non-hydrogen) atoms. The highest BCUT2D eigenvalue weighted by Gasteiger charge is 2.46. The van der Waals surface area contributed by atoms with Crippen LogP contribution in [-0.4, -0.2) is 10.9 Å². The molecule has 4 heteroatoms. The maximum absolute atomic E-state index is 13.6. The Kier molecular flexibility index (Phi) is 7.51. The van der Waals surface area contributed by atoms with Gasteiger partial charge in [0, 0.05) is 23.0 Å². The molecule has 2 heterocycles. The lowest BCUT2D eigenvalue weighted by atomic mass is 9.69. The predicted molar refractivity (Wildman–Crippen MR) is 156 cm³/mol. The molecule has 0 radical (unpaired) electrons. The Bertz CT molecular complexity index is 1190. The summed E-state index contributed by atoms with van der Waals surface area (Å²) in [5.41, 5.74) is 2.40. The average Bonchev–Trinajstić information content (AvgIpc) is 2.76. The normalized spacial score (nSPS) is 20.0. The van der Waals surface area contributed by atoms with Crippen LogP contribution in [0.15, 0.2) is 62.7 Å². The maximum Gasteiger partial charge on any atom is 0.334 e. The van der Waals surface area contributed by atoms with Crippen LogP contribution in [0.4, 0.5) is 0 Å². The molecule has 0 fully saturated rings. The van der Waals surface area contributed by atoms with E-state index in [-0.39, 0.29) is 39.1 Å². The number of ketones is 1. The molecular formula is C34H49O4+. The highest BCUT2D eigenvalue weighted by Crippen LogP contribution is 2.46. The van der Waals surface area contributed by atoms with Gasteiger partial charge < -0.3 is 9.84 Å². The molecule has 1 aliphatic carbocycles. The van der Waals surface area contributed by atoms with E-state index in [4.69, 9.17) is 9.15 Å². The van der Waals surface area contributed by atoms with Crippen LogP contribution in [0.25, 0.3) is 0 Å². The van der Waals surface area contributed by atoms with Crippen molar-refractivity contribution in [2.24, 2.45) is 16.7 Å². The number of aliphatic hydroxyl groups is 1. The largest absolute Gasteiger partial charge is 0.511 e. The van der Waals surface area contributed by atoms with E-state index in [0.29, 0.717) is 5.57 Å². The van der Waals surface area contributed by atoms with Gasteiger partial charge >= 0.3 is 11.5 Å². The number of allylic oxidation sites excluding steroid dienone is 8. The summed E-state index contributed by atoms with van der Waals surface area (Å²) in [5.74, 6) is 2.87. The van der Waals surface area contributed by atoms with E-state index >= 15 is 0 Å². The molecule has 0 amide bonds. The lowest BCUT2D eigenvalue weighted by Gasteiger charge is -2.35. The highest BCUT2D eigenvalue weighted by atomic mass is 16.5. The van der Waals surface area contributed by atoms with Gasteiger partial charge in [-0.3, -0.25) is 4.79 Å². The second-order valence-corrected chi connectivity index (χ2v) is 15.2. The van der Waals surface area contributed by atoms with Crippen LogP contribution in [0, 0.1) is 16.7 Å². The number of Topliss-reactive ketones (excluding diaryl/α,β-unsaturated/α-hetero) is 1. The summed E-state index contributed by atoms with van der Waals surface area (Å²) >= 11 is 0. The minimum absolute atomic E-state index is 0.0154. The Balaban J connectivity index is 2.09. The van der Waals surface area contributed by atoms with Crippen LogP contribution < -0.4 is 0 Å². The minimum Gasteiger partial charge on any atom is -0.511 e. The predicted octanol–water partition coefficient (Wildman–Crippen LogP) is 9.48. The van der Waals surface area contributed by atoms with Gasteiger partial charge in [-0.15, -0.1) is 0 Å². The van der Waals surface area contributed by atoms with Crippen LogP contribution in [-0.2, 0) is 20.4 Å². The molecule has 2 unspecified atom stereocenters. The number of aliphatic hydroxyl groups excluding tert-OH is 1. The lowest BCUT2D eigenvalue weighted by molar-refractivity contribution is -0.122. The standard InChI is InChI=1S/C34H48O4/c1-19(21-15-23(31(3,4)5)37-24(16-21)32(6,7)8)27-29(35)28(30(27)36)20(2)22-17-25(33(9,10)11)38-26(18-22)34(12,13)14/h15-19,27H,1-14H3/p+1. The molecule has 1 N–H and O–H groups in total. The zero-order chi connectivity index (χ0) is 29.2. The molecule has 1 aromatic heterocycles. The van der Waals surface area contributed by atoms with Crippen LogP contribution in [0.2, 0.25) is 0 Å². The van der Waals surface area contributed by atoms with Gasteiger partial charge in [0.1, 0.15) is 17.3 Å². The molecule has 1 aromatic rings. The minimum atomic E-state index is -0.569. The fraction of sp³-hybridized carbons (Fsp3) is 0.588. The van der Waals surface area contributed by atoms with Crippen molar-refractivity contribution < 1.29 is 19.1 Å². The SMILES string of the molecule is CC(=C1C=C(C(C)(C)C)OC(C(C)(C)C)=C1)C1=C(O)C(C(C)c2cc(C(C)(C)C)[o+]c(C(C)(C)C)c2)C1=O. The molecule has 1 aliphatic heterocycles. The average molecular weight is 522 g/mol. The van der Waals surface area contributed by atoms with E-state index in [1.165, 1.54) is 0 Å². The van der Waals surface area contributed by atoms with Gasteiger partial charge in [-0.25, -0.2) is 4.42 Å². The van der Waals surface area contributed by atoms with Gasteiger partial charge in [-0.1, -0.05) is 48.5 Å². The Morgan fingerprint density at radius 1 is 0.816 bits per heavy atom. The molecule has 2 aliphatic rings. The molecule has 208 valence electrons. The summed E-state index contributed by atoms with van der Waals surface area (Å²) in [7, 11) is 0. The first-order chi connectivity index (χ1) is 17.0. The Morgan fingerprint density at radius 2 is 1.24 bits per heavy atom. The number of hydrogen-bond donors (Lipinski definition) is 1. The molecule has 2 atom stereocenters. The first-order valence-corrected chi connectivity index (χ1v) is 13.8. The van der Waals surface area contributed by atoms with Crippen LogP contribution in [0.3, 0.4) is 0 Å². The quantitative estimate of drug-likeness (QED) is 0.402. The molecular weight excluding hydrogens is 472 g/mol. The summed E-state index contributed by atoms with van der Waals surface area (Å²) in [6.07, 6.45) is 4.03. The summed E-state index contributed by atoms with van der Waals surface area (Å²) in [6, 6.07) is 4.11. The van der Waals surface area contributed by atoms with E-state index in [1.807, 2.05) is 26.0 Å². The summed E-state index contributed by atoms with van der Waals surface area (Å²) in [5, 5.41) is 11.3. The van der Waals surface area contributed by atoms with Gasteiger partial charge in [-0.05, 0) is 83.2 Å². The van der Waals surface area contributed by atoms with Crippen molar-refractivity contribution in [2.45, 2.75) is 114 Å². The second kappa shape index (κ2) is 9.54. The maximum atomic E-state index is 13.6. The van der Waals surface area contributed by atoms with Gasteiger partial charge in [0.25, 0.3) is 0 Å². The number of rotatable bonds is 3. The summed E-state index contributed by atoms with van der Waals surface area (Å²) in [4.78, 5) is 13.6. The van der Waals surface area contributed by atoms with Crippen molar-refractivity contribution in [3.8, 4) is 0 Å². The number of hydrogen-bond acceptors (Lipinski definition) is 3. The van der Waals surface area contributed by atoms with Crippen molar-refractivity contribution in [1.29, 1.82) is 0 Å². The number of ether oxygens (including phenoxy) is 1. The fourth-order valence-corrected chi connectivity index (χ4v) is 4.64. The Hall–Kier alpha value is -2.62. The monoisotopic (exact) mass is 521 g/mol. The Labute approximate surface area is 230 Å². The molecule has 0 bridgehead atoms. The molecule has 3 rings (SSSR count). The summed E-state index contributed by atoms with van der Waals surface area (Å²) < 4.78 is 12.6. The second-order valence-electron chi connectivity index (χ2n) is 15.2.